The number of amides is 1. The molecule has 112 valence electrons. The molecular weight excluding hydrogens is 254 g/mol. The van der Waals surface area contributed by atoms with Crippen LogP contribution in [0.2, 0.25) is 0 Å². The Kier molecular flexibility index (Phi) is 3.51. The lowest BCUT2D eigenvalue weighted by atomic mass is 9.75. The molecule has 3 aliphatic carbocycles. The smallest absolute Gasteiger partial charge is 0.329 e. The second-order valence-corrected chi connectivity index (χ2v) is 7.07. The molecule has 3 rings (SSSR count). The van der Waals surface area contributed by atoms with Crippen LogP contribution < -0.4 is 5.32 Å². The van der Waals surface area contributed by atoms with E-state index in [1.165, 1.54) is 12.8 Å². The predicted molar refractivity (Wildman–Crippen MR) is 75.1 cm³/mol. The van der Waals surface area contributed by atoms with Gasteiger partial charge in [0.1, 0.15) is 5.54 Å². The van der Waals surface area contributed by atoms with Gasteiger partial charge in [0.25, 0.3) is 0 Å². The standard InChI is InChI=1S/C16H25NO3/c1-2-10-5-7-16(8-6-10,15(19)20)17-14(18)13-9-12(13)11-3-4-11/h10-13H,2-9H2,1H3,(H,17,18)(H,19,20). The van der Waals surface area contributed by atoms with Gasteiger partial charge in [0.05, 0.1) is 0 Å². The average Bonchev–Trinajstić information content (AvgIpc) is 3.29. The molecule has 0 spiro atoms. The summed E-state index contributed by atoms with van der Waals surface area (Å²) in [6.07, 6.45) is 7.62. The third kappa shape index (κ3) is 2.57. The summed E-state index contributed by atoms with van der Waals surface area (Å²) in [6.45, 7) is 2.15. The molecule has 0 aromatic carbocycles. The molecule has 20 heavy (non-hydrogen) atoms. The molecule has 0 aromatic heterocycles. The summed E-state index contributed by atoms with van der Waals surface area (Å²) in [4.78, 5) is 24.0. The molecule has 0 aromatic rings. The van der Waals surface area contributed by atoms with Crippen LogP contribution in [0.25, 0.3) is 0 Å². The Bertz CT molecular complexity index is 408. The van der Waals surface area contributed by atoms with Gasteiger partial charge in [0, 0.05) is 5.92 Å². The molecule has 0 radical (unpaired) electrons. The number of nitrogens with one attached hydrogen (secondary N) is 1. The van der Waals surface area contributed by atoms with Gasteiger partial charge in [0.2, 0.25) is 5.91 Å². The summed E-state index contributed by atoms with van der Waals surface area (Å²) in [6, 6.07) is 0. The third-order valence-corrected chi connectivity index (χ3v) is 5.71. The Labute approximate surface area is 120 Å². The van der Waals surface area contributed by atoms with Gasteiger partial charge < -0.3 is 10.4 Å². The van der Waals surface area contributed by atoms with Gasteiger partial charge in [-0.3, -0.25) is 4.79 Å². The molecule has 0 saturated heterocycles. The number of carbonyl (C=O) groups excluding carboxylic acids is 1. The number of hydrogen-bond acceptors (Lipinski definition) is 2. The third-order valence-electron chi connectivity index (χ3n) is 5.71. The van der Waals surface area contributed by atoms with Crippen molar-refractivity contribution in [3.8, 4) is 0 Å². The highest BCUT2D eigenvalue weighted by Gasteiger charge is 2.53. The molecule has 4 nitrogen and oxygen atoms in total. The van der Waals surface area contributed by atoms with Gasteiger partial charge >= 0.3 is 5.97 Å². The fourth-order valence-electron chi connectivity index (χ4n) is 3.86. The van der Waals surface area contributed by atoms with Crippen LogP contribution in [0.5, 0.6) is 0 Å². The maximum absolute atomic E-state index is 12.3. The highest BCUT2D eigenvalue weighted by molar-refractivity contribution is 5.89. The van der Waals surface area contributed by atoms with Crippen molar-refractivity contribution in [1.29, 1.82) is 0 Å². The molecule has 3 saturated carbocycles. The molecule has 3 aliphatic rings. The van der Waals surface area contributed by atoms with Crippen molar-refractivity contribution < 1.29 is 14.7 Å². The monoisotopic (exact) mass is 279 g/mol. The van der Waals surface area contributed by atoms with Crippen molar-refractivity contribution in [2.75, 3.05) is 0 Å². The van der Waals surface area contributed by atoms with E-state index in [0.717, 1.165) is 31.6 Å². The lowest BCUT2D eigenvalue weighted by Gasteiger charge is -2.37. The van der Waals surface area contributed by atoms with Crippen LogP contribution in [-0.4, -0.2) is 22.5 Å². The summed E-state index contributed by atoms with van der Waals surface area (Å²) >= 11 is 0. The molecular formula is C16H25NO3. The van der Waals surface area contributed by atoms with Gasteiger partial charge in [0.15, 0.2) is 0 Å². The van der Waals surface area contributed by atoms with Gasteiger partial charge in [-0.25, -0.2) is 4.79 Å². The highest BCUT2D eigenvalue weighted by atomic mass is 16.4. The second-order valence-electron chi connectivity index (χ2n) is 7.07. The number of carboxylic acids is 1. The topological polar surface area (TPSA) is 66.4 Å². The fourth-order valence-corrected chi connectivity index (χ4v) is 3.86. The van der Waals surface area contributed by atoms with E-state index < -0.39 is 11.5 Å². The molecule has 0 aliphatic heterocycles. The minimum absolute atomic E-state index is 0.000696. The van der Waals surface area contributed by atoms with Gasteiger partial charge in [-0.1, -0.05) is 13.3 Å². The summed E-state index contributed by atoms with van der Waals surface area (Å²) in [7, 11) is 0. The van der Waals surface area contributed by atoms with Crippen LogP contribution in [0, 0.1) is 23.7 Å². The molecule has 3 fully saturated rings. The highest BCUT2D eigenvalue weighted by Crippen LogP contribution is 2.54. The lowest BCUT2D eigenvalue weighted by Crippen LogP contribution is -2.56. The largest absolute Gasteiger partial charge is 0.480 e. The zero-order chi connectivity index (χ0) is 14.3. The van der Waals surface area contributed by atoms with Crippen LogP contribution in [-0.2, 0) is 9.59 Å². The average molecular weight is 279 g/mol. The van der Waals surface area contributed by atoms with Crippen LogP contribution in [0.15, 0.2) is 0 Å². The molecule has 4 heteroatoms. The van der Waals surface area contributed by atoms with E-state index in [1.807, 2.05) is 0 Å². The first-order valence-electron chi connectivity index (χ1n) is 8.11. The maximum Gasteiger partial charge on any atom is 0.329 e. The van der Waals surface area contributed by atoms with Crippen molar-refractivity contribution in [3.63, 3.8) is 0 Å². The van der Waals surface area contributed by atoms with Crippen LogP contribution in [0.1, 0.15) is 58.3 Å². The number of carboxylic acid groups (broad SMARTS) is 1. The molecule has 0 bridgehead atoms. The van der Waals surface area contributed by atoms with E-state index in [-0.39, 0.29) is 11.8 Å². The SMILES string of the molecule is CCC1CCC(NC(=O)C2CC2C2CC2)(C(=O)O)CC1. The lowest BCUT2D eigenvalue weighted by molar-refractivity contribution is -0.150. The zero-order valence-electron chi connectivity index (χ0n) is 12.2. The fraction of sp³-hybridized carbons (Fsp3) is 0.875. The Morgan fingerprint density at radius 3 is 2.35 bits per heavy atom. The summed E-state index contributed by atoms with van der Waals surface area (Å²) < 4.78 is 0. The van der Waals surface area contributed by atoms with Crippen molar-refractivity contribution >= 4 is 11.9 Å². The van der Waals surface area contributed by atoms with E-state index in [0.29, 0.717) is 24.7 Å². The first-order valence-corrected chi connectivity index (χ1v) is 8.11. The first-order chi connectivity index (χ1) is 9.55. The summed E-state index contributed by atoms with van der Waals surface area (Å²) in [5.41, 5.74) is -0.987. The van der Waals surface area contributed by atoms with Crippen LogP contribution in [0.4, 0.5) is 0 Å². The minimum atomic E-state index is -0.987. The number of rotatable bonds is 5. The second kappa shape index (κ2) is 5.05. The Hall–Kier alpha value is -1.06. The van der Waals surface area contributed by atoms with Gasteiger partial charge in [-0.15, -0.1) is 0 Å². The summed E-state index contributed by atoms with van der Waals surface area (Å²) in [5.74, 6) is 1.18. The Balaban J connectivity index is 1.60. The first kappa shape index (κ1) is 13.9. The van der Waals surface area contributed by atoms with Gasteiger partial charge in [-0.2, -0.15) is 0 Å². The molecule has 2 unspecified atom stereocenters. The van der Waals surface area contributed by atoms with E-state index in [2.05, 4.69) is 12.2 Å². The van der Waals surface area contributed by atoms with E-state index in [9.17, 15) is 14.7 Å². The molecule has 2 atom stereocenters. The molecule has 2 N–H and O–H groups in total. The van der Waals surface area contributed by atoms with Crippen molar-refractivity contribution in [2.45, 2.75) is 63.8 Å². The number of carbonyl (C=O) groups is 2. The van der Waals surface area contributed by atoms with Gasteiger partial charge in [-0.05, 0) is 62.7 Å². The van der Waals surface area contributed by atoms with Crippen LogP contribution in [0.3, 0.4) is 0 Å². The normalized spacial score (nSPS) is 40.1. The van der Waals surface area contributed by atoms with Crippen LogP contribution >= 0.6 is 0 Å². The quantitative estimate of drug-likeness (QED) is 0.813. The zero-order valence-corrected chi connectivity index (χ0v) is 12.2. The van der Waals surface area contributed by atoms with Crippen molar-refractivity contribution in [2.24, 2.45) is 23.7 Å². The molecule has 0 heterocycles. The summed E-state index contributed by atoms with van der Waals surface area (Å²) in [5, 5.41) is 12.5. The minimum Gasteiger partial charge on any atom is -0.480 e. The Morgan fingerprint density at radius 1 is 1.20 bits per heavy atom. The maximum atomic E-state index is 12.3. The van der Waals surface area contributed by atoms with E-state index in [1.54, 1.807) is 0 Å². The van der Waals surface area contributed by atoms with Crippen molar-refractivity contribution in [3.05, 3.63) is 0 Å². The van der Waals surface area contributed by atoms with E-state index in [4.69, 9.17) is 0 Å². The van der Waals surface area contributed by atoms with Crippen molar-refractivity contribution in [1.82, 2.24) is 5.32 Å². The molecule has 1 amide bonds. The number of aliphatic carboxylic acids is 1. The van der Waals surface area contributed by atoms with E-state index >= 15 is 0 Å². The predicted octanol–water partition coefficient (Wildman–Crippen LogP) is 2.57. The Morgan fingerprint density at radius 2 is 1.85 bits per heavy atom. The number of hydrogen-bond donors (Lipinski definition) is 2.